The molecule has 0 fully saturated rings. The Morgan fingerprint density at radius 3 is 2.24 bits per heavy atom. The van der Waals surface area contributed by atoms with Gasteiger partial charge in [0.05, 0.1) is 0 Å². The predicted molar refractivity (Wildman–Crippen MR) is 81.9 cm³/mol. The number of nitrogens with zero attached hydrogens (tertiary/aromatic N) is 2. The van der Waals surface area contributed by atoms with Crippen molar-refractivity contribution in [3.8, 4) is 22.9 Å². The normalized spacial score (nSPS) is 11.4. The number of rotatable bonds is 5. The van der Waals surface area contributed by atoms with Gasteiger partial charge in [-0.25, -0.2) is 0 Å². The van der Waals surface area contributed by atoms with Crippen molar-refractivity contribution in [3.05, 3.63) is 60.0 Å². The second-order valence-electron chi connectivity index (χ2n) is 5.19. The summed E-state index contributed by atoms with van der Waals surface area (Å²) in [7, 11) is 0. The van der Waals surface area contributed by atoms with Gasteiger partial charge in [-0.3, -0.25) is 0 Å². The fourth-order valence-electron chi connectivity index (χ4n) is 2.02. The lowest BCUT2D eigenvalue weighted by Gasteiger charge is -2.08. The lowest BCUT2D eigenvalue weighted by molar-refractivity contribution is -0.274. The van der Waals surface area contributed by atoms with Crippen LogP contribution in [0.2, 0.25) is 0 Å². The van der Waals surface area contributed by atoms with Gasteiger partial charge in [0.15, 0.2) is 6.61 Å². The van der Waals surface area contributed by atoms with Gasteiger partial charge in [-0.2, -0.15) is 4.98 Å². The van der Waals surface area contributed by atoms with Crippen molar-refractivity contribution in [2.24, 2.45) is 0 Å². The zero-order valence-electron chi connectivity index (χ0n) is 13.1. The smallest absolute Gasteiger partial charge is 0.484 e. The molecule has 25 heavy (non-hydrogen) atoms. The van der Waals surface area contributed by atoms with Crippen LogP contribution in [-0.2, 0) is 6.61 Å². The van der Waals surface area contributed by atoms with Crippen molar-refractivity contribution >= 4 is 0 Å². The Hall–Kier alpha value is -3.03. The van der Waals surface area contributed by atoms with Crippen LogP contribution in [0.25, 0.3) is 11.4 Å². The van der Waals surface area contributed by atoms with Gasteiger partial charge in [0.25, 0.3) is 5.89 Å². The van der Waals surface area contributed by atoms with E-state index in [0.29, 0.717) is 11.3 Å². The maximum Gasteiger partial charge on any atom is 0.573 e. The Bertz CT molecular complexity index is 828. The van der Waals surface area contributed by atoms with Crippen molar-refractivity contribution in [1.82, 2.24) is 10.1 Å². The van der Waals surface area contributed by atoms with Crippen LogP contribution in [0.3, 0.4) is 0 Å². The maximum absolute atomic E-state index is 12.1. The highest BCUT2D eigenvalue weighted by Crippen LogP contribution is 2.25. The van der Waals surface area contributed by atoms with Crippen LogP contribution < -0.4 is 9.47 Å². The molecule has 0 bridgehead atoms. The monoisotopic (exact) mass is 350 g/mol. The first-order valence-corrected chi connectivity index (χ1v) is 7.27. The van der Waals surface area contributed by atoms with Gasteiger partial charge < -0.3 is 14.0 Å². The minimum atomic E-state index is -4.73. The second kappa shape index (κ2) is 6.84. The first-order chi connectivity index (χ1) is 11.9. The Morgan fingerprint density at radius 1 is 0.960 bits per heavy atom. The third kappa shape index (κ3) is 4.72. The summed E-state index contributed by atoms with van der Waals surface area (Å²) in [5.41, 5.74) is 1.62. The van der Waals surface area contributed by atoms with E-state index in [0.717, 1.165) is 5.56 Å². The molecule has 0 N–H and O–H groups in total. The van der Waals surface area contributed by atoms with Crippen molar-refractivity contribution in [2.45, 2.75) is 19.9 Å². The van der Waals surface area contributed by atoms with E-state index in [4.69, 9.17) is 9.26 Å². The summed E-state index contributed by atoms with van der Waals surface area (Å²) in [6.07, 6.45) is -4.73. The first-order valence-electron chi connectivity index (χ1n) is 7.27. The second-order valence-corrected chi connectivity index (χ2v) is 5.19. The van der Waals surface area contributed by atoms with Crippen molar-refractivity contribution in [2.75, 3.05) is 0 Å². The summed E-state index contributed by atoms with van der Waals surface area (Å²) in [5, 5.41) is 3.79. The summed E-state index contributed by atoms with van der Waals surface area (Å²) in [6, 6.07) is 12.7. The molecule has 0 unspecified atom stereocenters. The van der Waals surface area contributed by atoms with E-state index in [9.17, 15) is 13.2 Å². The highest BCUT2D eigenvalue weighted by atomic mass is 19.4. The third-order valence-corrected chi connectivity index (χ3v) is 3.20. The summed E-state index contributed by atoms with van der Waals surface area (Å²) in [6.45, 7) is 2.06. The van der Waals surface area contributed by atoms with Crippen molar-refractivity contribution in [1.29, 1.82) is 0 Å². The van der Waals surface area contributed by atoms with Gasteiger partial charge in [0.1, 0.15) is 11.5 Å². The van der Waals surface area contributed by atoms with E-state index in [1.165, 1.54) is 24.3 Å². The molecule has 0 aliphatic rings. The molecule has 3 aromatic rings. The van der Waals surface area contributed by atoms with Crippen LogP contribution in [0, 0.1) is 6.92 Å². The van der Waals surface area contributed by atoms with E-state index in [1.54, 1.807) is 0 Å². The van der Waals surface area contributed by atoms with Crippen LogP contribution in [0.15, 0.2) is 53.1 Å². The third-order valence-electron chi connectivity index (χ3n) is 3.20. The molecule has 2 aromatic carbocycles. The molecule has 0 spiro atoms. The SMILES string of the molecule is Cc1ccc(OCc2nc(-c3ccc(OC(F)(F)F)cc3)no2)cc1. The van der Waals surface area contributed by atoms with E-state index in [-0.39, 0.29) is 24.1 Å². The summed E-state index contributed by atoms with van der Waals surface area (Å²) < 4.78 is 50.8. The molecule has 0 radical (unpaired) electrons. The van der Waals surface area contributed by atoms with Crippen molar-refractivity contribution in [3.63, 3.8) is 0 Å². The predicted octanol–water partition coefficient (Wildman–Crippen LogP) is 4.52. The molecule has 0 aliphatic heterocycles. The number of benzene rings is 2. The number of ether oxygens (including phenoxy) is 2. The average molecular weight is 350 g/mol. The topological polar surface area (TPSA) is 57.4 Å². The Kier molecular flexibility index (Phi) is 4.60. The minimum absolute atomic E-state index is 0.0886. The molecule has 3 rings (SSSR count). The zero-order chi connectivity index (χ0) is 17.9. The van der Waals surface area contributed by atoms with Gasteiger partial charge in [0, 0.05) is 5.56 Å². The molecule has 5 nitrogen and oxygen atoms in total. The number of halogens is 3. The van der Waals surface area contributed by atoms with Crippen LogP contribution in [-0.4, -0.2) is 16.5 Å². The fourth-order valence-corrected chi connectivity index (χ4v) is 2.02. The van der Waals surface area contributed by atoms with E-state index < -0.39 is 6.36 Å². The molecule has 0 saturated carbocycles. The summed E-state index contributed by atoms with van der Waals surface area (Å²) in [5.74, 6) is 0.855. The molecule has 0 aliphatic carbocycles. The quantitative estimate of drug-likeness (QED) is 0.677. The first kappa shape index (κ1) is 16.8. The van der Waals surface area contributed by atoms with Crippen LogP contribution in [0.5, 0.6) is 11.5 Å². The molecule has 130 valence electrons. The highest BCUT2D eigenvalue weighted by molar-refractivity contribution is 5.55. The lowest BCUT2D eigenvalue weighted by Crippen LogP contribution is -2.16. The van der Waals surface area contributed by atoms with Crippen LogP contribution in [0.4, 0.5) is 13.2 Å². The molecule has 1 aromatic heterocycles. The number of aryl methyl sites for hydroxylation is 1. The van der Waals surface area contributed by atoms with Crippen molar-refractivity contribution < 1.29 is 27.2 Å². The van der Waals surface area contributed by atoms with Gasteiger partial charge in [-0.1, -0.05) is 22.9 Å². The fraction of sp³-hybridized carbons (Fsp3) is 0.176. The molecule has 1 heterocycles. The van der Waals surface area contributed by atoms with E-state index in [1.807, 2.05) is 31.2 Å². The Balaban J connectivity index is 1.63. The zero-order valence-corrected chi connectivity index (χ0v) is 13.1. The largest absolute Gasteiger partial charge is 0.573 e. The Morgan fingerprint density at radius 2 is 1.60 bits per heavy atom. The molecular weight excluding hydrogens is 337 g/mol. The number of hydrogen-bond acceptors (Lipinski definition) is 5. The van der Waals surface area contributed by atoms with Crippen LogP contribution >= 0.6 is 0 Å². The molecule has 0 saturated heterocycles. The minimum Gasteiger partial charge on any atom is -0.484 e. The Labute approximate surface area is 141 Å². The summed E-state index contributed by atoms with van der Waals surface area (Å²) >= 11 is 0. The average Bonchev–Trinajstić information content (AvgIpc) is 3.02. The van der Waals surface area contributed by atoms with Gasteiger partial charge in [-0.05, 0) is 43.3 Å². The van der Waals surface area contributed by atoms with Gasteiger partial charge >= 0.3 is 6.36 Å². The molecular formula is C17H13F3N2O3. The van der Waals surface area contributed by atoms with Gasteiger partial charge in [-0.15, -0.1) is 13.2 Å². The van der Waals surface area contributed by atoms with Crippen LogP contribution in [0.1, 0.15) is 11.5 Å². The molecule has 0 atom stereocenters. The number of aromatic nitrogens is 2. The molecule has 0 amide bonds. The number of hydrogen-bond donors (Lipinski definition) is 0. The molecule has 8 heteroatoms. The summed E-state index contributed by atoms with van der Waals surface area (Å²) in [4.78, 5) is 4.15. The number of alkyl halides is 3. The van der Waals surface area contributed by atoms with E-state index in [2.05, 4.69) is 14.9 Å². The van der Waals surface area contributed by atoms with E-state index >= 15 is 0 Å². The standard InChI is InChI=1S/C17H13F3N2O3/c1-11-2-6-13(7-3-11)23-10-15-21-16(22-25-15)12-4-8-14(9-5-12)24-17(18,19)20/h2-9H,10H2,1H3. The maximum atomic E-state index is 12.1. The highest BCUT2D eigenvalue weighted by Gasteiger charge is 2.31. The van der Waals surface area contributed by atoms with Gasteiger partial charge in [0.2, 0.25) is 5.82 Å². The lowest BCUT2D eigenvalue weighted by atomic mass is 10.2.